The molecule has 1 atom stereocenters. The van der Waals surface area contributed by atoms with Crippen molar-refractivity contribution in [1.82, 2.24) is 5.32 Å². The van der Waals surface area contributed by atoms with Gasteiger partial charge in [-0.25, -0.2) is 0 Å². The van der Waals surface area contributed by atoms with Crippen molar-refractivity contribution in [2.75, 3.05) is 33.0 Å². The first kappa shape index (κ1) is 23.3. The average molecular weight is 464 g/mol. The van der Waals surface area contributed by atoms with Crippen molar-refractivity contribution in [3.8, 4) is 28.4 Å². The molecule has 0 bridgehead atoms. The first-order chi connectivity index (χ1) is 14.9. The molecule has 0 spiro atoms. The van der Waals surface area contributed by atoms with Crippen LogP contribution >= 0.6 is 23.4 Å². The zero-order valence-electron chi connectivity index (χ0n) is 18.0. The van der Waals surface area contributed by atoms with E-state index < -0.39 is 0 Å². The second kappa shape index (κ2) is 10.3. The number of methoxy groups -OCH3 is 2. The lowest BCUT2D eigenvalue weighted by molar-refractivity contribution is -0.119. The first-order valence-corrected chi connectivity index (χ1v) is 11.7. The van der Waals surface area contributed by atoms with Gasteiger partial charge >= 0.3 is 0 Å². The molecule has 1 amide bonds. The van der Waals surface area contributed by atoms with E-state index in [2.05, 4.69) is 5.32 Å². The summed E-state index contributed by atoms with van der Waals surface area (Å²) in [5, 5.41) is 3.00. The summed E-state index contributed by atoms with van der Waals surface area (Å²) in [4.78, 5) is 25.4. The van der Waals surface area contributed by atoms with E-state index in [0.717, 1.165) is 22.3 Å². The largest absolute Gasteiger partial charge is 0.493 e. The van der Waals surface area contributed by atoms with E-state index in [4.69, 9.17) is 25.8 Å². The van der Waals surface area contributed by atoms with E-state index in [9.17, 15) is 9.59 Å². The molecule has 0 radical (unpaired) electrons. The van der Waals surface area contributed by atoms with E-state index in [1.165, 1.54) is 18.7 Å². The molecule has 1 N–H and O–H groups in total. The van der Waals surface area contributed by atoms with Crippen LogP contribution in [0.5, 0.6) is 17.2 Å². The molecule has 2 aromatic rings. The molecule has 3 rings (SSSR count). The van der Waals surface area contributed by atoms with E-state index in [1.54, 1.807) is 20.3 Å². The van der Waals surface area contributed by atoms with Gasteiger partial charge in [-0.2, -0.15) is 0 Å². The highest BCUT2D eigenvalue weighted by molar-refractivity contribution is 7.98. The van der Waals surface area contributed by atoms with E-state index >= 15 is 0 Å². The Hall–Kier alpha value is -2.38. The number of alkyl halides is 1. The van der Waals surface area contributed by atoms with Crippen molar-refractivity contribution >= 4 is 29.3 Å². The summed E-state index contributed by atoms with van der Waals surface area (Å²) in [6, 6.07) is 6.98. The number of nitrogens with one attached hydrogen (secondary N) is 1. The number of amides is 1. The molecule has 6 nitrogen and oxygen atoms in total. The van der Waals surface area contributed by atoms with Crippen LogP contribution in [0.1, 0.15) is 30.5 Å². The quantitative estimate of drug-likeness (QED) is 0.490. The van der Waals surface area contributed by atoms with Gasteiger partial charge in [0.1, 0.15) is 6.61 Å². The summed E-state index contributed by atoms with van der Waals surface area (Å²) < 4.78 is 17.3. The third-order valence-corrected chi connectivity index (χ3v) is 6.15. The van der Waals surface area contributed by atoms with E-state index in [1.807, 2.05) is 24.5 Å². The molecule has 0 fully saturated rings. The fourth-order valence-corrected chi connectivity index (χ4v) is 4.49. The van der Waals surface area contributed by atoms with Crippen molar-refractivity contribution < 1.29 is 19.0 Å². The van der Waals surface area contributed by atoms with Crippen molar-refractivity contribution in [2.45, 2.75) is 30.7 Å². The Morgan fingerprint density at radius 2 is 2.00 bits per heavy atom. The molecule has 0 saturated heterocycles. The molecule has 1 aliphatic rings. The van der Waals surface area contributed by atoms with Gasteiger partial charge in [-0.1, -0.05) is 6.07 Å². The summed E-state index contributed by atoms with van der Waals surface area (Å²) in [6.07, 6.45) is 3.15. The molecule has 8 heteroatoms. The van der Waals surface area contributed by atoms with Crippen LogP contribution in [0.25, 0.3) is 11.1 Å². The molecule has 0 saturated carbocycles. The molecule has 166 valence electrons. The Kier molecular flexibility index (Phi) is 7.73. The standard InChI is InChI=1S/C23H26ClNO5S/c1-13(26)25-17-7-5-14-11-19(28-2)22(30-10-9-24)23(29-3)21(14)15-6-8-20(31-4)18(27)12-16(15)17/h6,8,11-12,17H,5,7,9-10H2,1-4H3,(H,25,26)/t17-/m0/s1. The monoisotopic (exact) mass is 463 g/mol. The predicted octanol–water partition coefficient (Wildman–Crippen LogP) is 4.19. The van der Waals surface area contributed by atoms with Crippen LogP contribution in [-0.2, 0) is 11.2 Å². The maximum absolute atomic E-state index is 12.8. The van der Waals surface area contributed by atoms with Gasteiger partial charge in [0.25, 0.3) is 0 Å². The average Bonchev–Trinajstić information content (AvgIpc) is 2.99. The van der Waals surface area contributed by atoms with Gasteiger partial charge in [-0.05, 0) is 54.0 Å². The Balaban J connectivity index is 2.38. The lowest BCUT2D eigenvalue weighted by Crippen LogP contribution is -2.26. The minimum absolute atomic E-state index is 0.0846. The molecule has 2 aromatic carbocycles. The van der Waals surface area contributed by atoms with Crippen LogP contribution in [0.2, 0.25) is 0 Å². The number of halogens is 1. The maximum Gasteiger partial charge on any atom is 0.217 e. The highest BCUT2D eigenvalue weighted by Gasteiger charge is 2.29. The van der Waals surface area contributed by atoms with Crippen molar-refractivity contribution in [3.63, 3.8) is 0 Å². The summed E-state index contributed by atoms with van der Waals surface area (Å²) in [5.41, 5.74) is 3.31. The highest BCUT2D eigenvalue weighted by atomic mass is 35.5. The Labute approximate surface area is 191 Å². The lowest BCUT2D eigenvalue weighted by Gasteiger charge is -2.20. The molecular weight excluding hydrogens is 438 g/mol. The Morgan fingerprint density at radius 3 is 2.61 bits per heavy atom. The molecule has 0 aliphatic heterocycles. The number of aryl methyl sites for hydroxylation is 1. The third-order valence-electron chi connectivity index (χ3n) is 5.22. The van der Waals surface area contributed by atoms with Gasteiger partial charge in [-0.3, -0.25) is 9.59 Å². The number of fused-ring (bicyclic) bond motifs is 3. The molecule has 1 aliphatic carbocycles. The number of hydrogen-bond donors (Lipinski definition) is 1. The van der Waals surface area contributed by atoms with Gasteiger partial charge in [0.05, 0.1) is 31.0 Å². The highest BCUT2D eigenvalue weighted by Crippen LogP contribution is 2.50. The van der Waals surface area contributed by atoms with Gasteiger partial charge in [0, 0.05) is 12.5 Å². The fraction of sp³-hybridized carbons (Fsp3) is 0.391. The van der Waals surface area contributed by atoms with E-state index in [-0.39, 0.29) is 17.4 Å². The van der Waals surface area contributed by atoms with Gasteiger partial charge < -0.3 is 19.5 Å². The van der Waals surface area contributed by atoms with Crippen LogP contribution in [-0.4, -0.2) is 38.9 Å². The molecule has 0 heterocycles. The minimum atomic E-state index is -0.308. The predicted molar refractivity (Wildman–Crippen MR) is 124 cm³/mol. The molecule has 31 heavy (non-hydrogen) atoms. The van der Waals surface area contributed by atoms with E-state index in [0.29, 0.717) is 47.5 Å². The van der Waals surface area contributed by atoms with Crippen LogP contribution in [0.4, 0.5) is 0 Å². The van der Waals surface area contributed by atoms with Gasteiger partial charge in [0.15, 0.2) is 16.9 Å². The number of carbonyl (C=O) groups excluding carboxylic acids is 1. The number of benzene rings is 1. The SMILES string of the molecule is COc1cc2c(c(OC)c1OCCCl)-c1ccc(SC)c(=O)cc1[C@@H](NC(C)=O)CC2. The zero-order valence-corrected chi connectivity index (χ0v) is 19.6. The normalized spacial score (nSPS) is 14.7. The van der Waals surface area contributed by atoms with Crippen molar-refractivity contribution in [3.05, 3.63) is 45.6 Å². The Bertz CT molecular complexity index is 1040. The number of ether oxygens (including phenoxy) is 3. The number of thioether (sulfide) groups is 1. The summed E-state index contributed by atoms with van der Waals surface area (Å²) in [5.74, 6) is 1.70. The number of rotatable bonds is 7. The van der Waals surface area contributed by atoms with Crippen molar-refractivity contribution in [1.29, 1.82) is 0 Å². The summed E-state index contributed by atoms with van der Waals surface area (Å²) in [6.45, 7) is 1.77. The third kappa shape index (κ3) is 4.77. The molecule has 0 aromatic heterocycles. The lowest BCUT2D eigenvalue weighted by atomic mass is 9.95. The molecular formula is C23H26ClNO5S. The zero-order chi connectivity index (χ0) is 22.5. The van der Waals surface area contributed by atoms with Gasteiger partial charge in [-0.15, -0.1) is 23.4 Å². The van der Waals surface area contributed by atoms with Crippen LogP contribution in [0.3, 0.4) is 0 Å². The number of carbonyl (C=O) groups is 1. The molecule has 0 unspecified atom stereocenters. The number of hydrogen-bond acceptors (Lipinski definition) is 6. The smallest absolute Gasteiger partial charge is 0.217 e. The maximum atomic E-state index is 12.8. The second-order valence-corrected chi connectivity index (χ2v) is 8.31. The topological polar surface area (TPSA) is 73.9 Å². The van der Waals surface area contributed by atoms with Crippen LogP contribution in [0, 0.1) is 0 Å². The van der Waals surface area contributed by atoms with Gasteiger partial charge in [0.2, 0.25) is 11.7 Å². The Morgan fingerprint density at radius 1 is 1.23 bits per heavy atom. The summed E-state index contributed by atoms with van der Waals surface area (Å²) >= 11 is 7.23. The fourth-order valence-electron chi connectivity index (χ4n) is 3.95. The first-order valence-electron chi connectivity index (χ1n) is 9.91. The van der Waals surface area contributed by atoms with Crippen LogP contribution in [0.15, 0.2) is 34.0 Å². The summed E-state index contributed by atoms with van der Waals surface area (Å²) in [7, 11) is 3.15. The van der Waals surface area contributed by atoms with Crippen LogP contribution < -0.4 is 25.0 Å². The minimum Gasteiger partial charge on any atom is -0.493 e. The van der Waals surface area contributed by atoms with Crippen molar-refractivity contribution in [2.24, 2.45) is 0 Å². The second-order valence-electron chi connectivity index (χ2n) is 7.08.